The highest BCUT2D eigenvalue weighted by Gasteiger charge is 2.33. The lowest BCUT2D eigenvalue weighted by atomic mass is 10.1. The Hall–Kier alpha value is -1.90. The van der Waals surface area contributed by atoms with Gasteiger partial charge in [0.2, 0.25) is 0 Å². The van der Waals surface area contributed by atoms with Crippen LogP contribution in [0.4, 0.5) is 22.0 Å². The molecule has 0 aromatic rings. The van der Waals surface area contributed by atoms with Crippen molar-refractivity contribution in [1.29, 1.82) is 0 Å². The molecule has 0 atom stereocenters. The minimum atomic E-state index is -4.64. The number of dihydropyridines is 1. The van der Waals surface area contributed by atoms with Crippen molar-refractivity contribution in [1.82, 2.24) is 9.55 Å². The third-order valence-corrected chi connectivity index (χ3v) is 4.80. The van der Waals surface area contributed by atoms with E-state index in [0.29, 0.717) is 24.1 Å². The van der Waals surface area contributed by atoms with Crippen LogP contribution in [0.1, 0.15) is 24.6 Å². The molecule has 3 aliphatic rings. The van der Waals surface area contributed by atoms with E-state index in [0.717, 1.165) is 27.7 Å². The summed E-state index contributed by atoms with van der Waals surface area (Å²) in [6.45, 7) is 1.72. The highest BCUT2D eigenvalue weighted by atomic mass is 32.2. The van der Waals surface area contributed by atoms with Crippen LogP contribution in [0.25, 0.3) is 11.4 Å². The highest BCUT2D eigenvalue weighted by Crippen LogP contribution is 2.35. The summed E-state index contributed by atoms with van der Waals surface area (Å²) >= 11 is 1.57. The maximum atomic E-state index is 13.1. The van der Waals surface area contributed by atoms with Crippen molar-refractivity contribution in [2.45, 2.75) is 32.5 Å². The third-order valence-electron chi connectivity index (χ3n) is 3.84. The molecule has 0 bridgehead atoms. The first-order valence-corrected chi connectivity index (χ1v) is 9.02. The van der Waals surface area contributed by atoms with Gasteiger partial charge in [0.15, 0.2) is 0 Å². The van der Waals surface area contributed by atoms with Gasteiger partial charge in [-0.1, -0.05) is 13.0 Å². The van der Waals surface area contributed by atoms with Crippen molar-refractivity contribution < 1.29 is 22.0 Å². The Morgan fingerprint density at radius 1 is 1.23 bits per heavy atom. The number of thioether (sulfide) groups is 1. The van der Waals surface area contributed by atoms with Gasteiger partial charge in [0.25, 0.3) is 6.43 Å². The smallest absolute Gasteiger partial charge is 0.340 e. The maximum absolute atomic E-state index is 13.1. The predicted octanol–water partition coefficient (Wildman–Crippen LogP) is 5.10. The van der Waals surface area contributed by atoms with Crippen LogP contribution in [-0.2, 0) is 12.7 Å². The number of hydrogen-bond acceptors (Lipinski definition) is 3. The quantitative estimate of drug-likeness (QED) is 0.666. The van der Waals surface area contributed by atoms with Crippen LogP contribution in [0.3, 0.4) is 0 Å². The van der Waals surface area contributed by atoms with E-state index < -0.39 is 24.7 Å². The number of nitrogens with zero attached hydrogens (tertiary/aromatic N) is 3. The van der Waals surface area contributed by atoms with Crippen LogP contribution in [0.2, 0.25) is 0 Å². The van der Waals surface area contributed by atoms with E-state index in [1.807, 2.05) is 13.0 Å². The topological polar surface area (TPSA) is 30.2 Å². The summed E-state index contributed by atoms with van der Waals surface area (Å²) in [5.41, 5.74) is 0.289. The lowest BCUT2D eigenvalue weighted by molar-refractivity contribution is -0.138. The average Bonchev–Trinajstić information content (AvgIpc) is 2.98. The molecule has 0 N–H and O–H groups in total. The van der Waals surface area contributed by atoms with Gasteiger partial charge in [-0.2, -0.15) is 13.2 Å². The number of aromatic nitrogens is 2. The first-order valence-electron chi connectivity index (χ1n) is 8.04. The number of fused-ring (bicyclic) bond motifs is 1. The zero-order chi connectivity index (χ0) is 18.9. The first kappa shape index (κ1) is 18.9. The van der Waals surface area contributed by atoms with E-state index in [4.69, 9.17) is 0 Å². The SMILES string of the molecule is CCSC1=CCCN=C1c1cc2n(CC(F)F)cc(C(F)(F)F)cc-2n1. The van der Waals surface area contributed by atoms with Crippen LogP contribution in [0.15, 0.2) is 34.3 Å². The fraction of sp³-hybridized carbons (Fsp3) is 0.412. The fourth-order valence-electron chi connectivity index (χ4n) is 2.79. The van der Waals surface area contributed by atoms with Crippen molar-refractivity contribution in [2.24, 2.45) is 4.99 Å². The second-order valence-corrected chi connectivity index (χ2v) is 7.01. The van der Waals surface area contributed by atoms with Gasteiger partial charge in [0.1, 0.15) is 0 Å². The second-order valence-electron chi connectivity index (χ2n) is 5.70. The van der Waals surface area contributed by atoms with Crippen molar-refractivity contribution in [2.75, 3.05) is 12.3 Å². The lowest BCUT2D eigenvalue weighted by Gasteiger charge is -2.15. The predicted molar refractivity (Wildman–Crippen MR) is 92.1 cm³/mol. The Bertz CT molecular complexity index is 822. The van der Waals surface area contributed by atoms with Gasteiger partial charge in [-0.05, 0) is 24.3 Å². The normalized spacial score (nSPS) is 15.5. The Morgan fingerprint density at radius 2 is 2.00 bits per heavy atom. The lowest BCUT2D eigenvalue weighted by Crippen LogP contribution is -2.14. The van der Waals surface area contributed by atoms with Crippen LogP contribution in [0, 0.1) is 0 Å². The minimum absolute atomic E-state index is 0.0320. The van der Waals surface area contributed by atoms with Crippen molar-refractivity contribution in [3.63, 3.8) is 0 Å². The van der Waals surface area contributed by atoms with Gasteiger partial charge in [-0.15, -0.1) is 11.8 Å². The zero-order valence-corrected chi connectivity index (χ0v) is 14.7. The van der Waals surface area contributed by atoms with Gasteiger partial charge in [-0.3, -0.25) is 4.99 Å². The molecular weight excluding hydrogens is 373 g/mol. The zero-order valence-electron chi connectivity index (χ0n) is 13.9. The molecular formula is C17H16F5N3S. The summed E-state index contributed by atoms with van der Waals surface area (Å²) in [5.74, 6) is 0.814. The summed E-state index contributed by atoms with van der Waals surface area (Å²) < 4.78 is 65.9. The second kappa shape index (κ2) is 7.38. The molecule has 9 heteroatoms. The number of allylic oxidation sites excluding steroid dienone is 1. The molecule has 140 valence electrons. The van der Waals surface area contributed by atoms with Crippen LogP contribution < -0.4 is 0 Å². The van der Waals surface area contributed by atoms with Gasteiger partial charge in [0, 0.05) is 17.6 Å². The maximum Gasteiger partial charge on any atom is 0.417 e. The number of rotatable bonds is 5. The molecule has 0 radical (unpaired) electrons. The molecule has 0 saturated carbocycles. The molecule has 0 amide bonds. The van der Waals surface area contributed by atoms with Gasteiger partial charge < -0.3 is 4.57 Å². The van der Waals surface area contributed by atoms with E-state index in [1.165, 1.54) is 6.07 Å². The summed E-state index contributed by atoms with van der Waals surface area (Å²) in [7, 11) is 0. The van der Waals surface area contributed by atoms with Gasteiger partial charge >= 0.3 is 6.18 Å². The van der Waals surface area contributed by atoms with Crippen molar-refractivity contribution >= 4 is 17.5 Å². The molecule has 0 aromatic heterocycles. The van der Waals surface area contributed by atoms with Gasteiger partial charge in [-0.25, -0.2) is 13.8 Å². The third kappa shape index (κ3) is 3.92. The first-order chi connectivity index (χ1) is 12.3. The summed E-state index contributed by atoms with van der Waals surface area (Å²) in [6.07, 6.45) is -3.90. The molecule has 3 aliphatic heterocycles. The van der Waals surface area contributed by atoms with E-state index in [2.05, 4.69) is 9.98 Å². The molecule has 0 aromatic carbocycles. The number of pyridine rings is 1. The van der Waals surface area contributed by atoms with Crippen molar-refractivity contribution in [3.8, 4) is 11.4 Å². The molecule has 0 spiro atoms. The standard InChI is InChI=1S/C17H16F5N3S/c1-2-26-14-4-3-5-23-16(14)12-7-13-11(24-12)6-10(17(20,21)22)8-25(13)9-15(18)19/h4,6-8,15H,2-3,5,9H2,1H3. The van der Waals surface area contributed by atoms with E-state index in [1.54, 1.807) is 11.8 Å². The minimum Gasteiger partial charge on any atom is -0.340 e. The molecule has 0 fully saturated rings. The molecule has 3 rings (SSSR count). The molecule has 3 nitrogen and oxygen atoms in total. The molecule has 26 heavy (non-hydrogen) atoms. The monoisotopic (exact) mass is 389 g/mol. The Balaban J connectivity index is 2.11. The van der Waals surface area contributed by atoms with E-state index >= 15 is 0 Å². The van der Waals surface area contributed by atoms with Crippen LogP contribution in [0.5, 0.6) is 0 Å². The largest absolute Gasteiger partial charge is 0.417 e. The van der Waals surface area contributed by atoms with E-state index in [-0.39, 0.29) is 11.4 Å². The van der Waals surface area contributed by atoms with Crippen LogP contribution in [-0.4, -0.2) is 34.0 Å². The Kier molecular flexibility index (Phi) is 5.36. The fourth-order valence-corrected chi connectivity index (χ4v) is 3.65. The average molecular weight is 389 g/mol. The Morgan fingerprint density at radius 3 is 2.65 bits per heavy atom. The van der Waals surface area contributed by atoms with Crippen molar-refractivity contribution in [3.05, 3.63) is 40.6 Å². The number of halogens is 5. The number of alkyl halides is 5. The molecule has 0 saturated heterocycles. The summed E-state index contributed by atoms with van der Waals surface area (Å²) in [4.78, 5) is 9.62. The number of hydrogen-bond donors (Lipinski definition) is 0. The molecule has 0 aliphatic carbocycles. The van der Waals surface area contributed by atoms with E-state index in [9.17, 15) is 22.0 Å². The molecule has 3 heterocycles. The number of aliphatic imine (C=N–C) groups is 1. The summed E-state index contributed by atoms with van der Waals surface area (Å²) in [5, 5.41) is 0. The summed E-state index contributed by atoms with van der Waals surface area (Å²) in [6, 6.07) is 2.42. The molecule has 0 unspecified atom stereocenters. The highest BCUT2D eigenvalue weighted by molar-refractivity contribution is 8.04. The Labute approximate surface area is 151 Å². The van der Waals surface area contributed by atoms with Gasteiger partial charge in [0.05, 0.1) is 34.9 Å². The van der Waals surface area contributed by atoms with Crippen LogP contribution >= 0.6 is 11.8 Å².